The molecule has 4 aromatic rings. The molecule has 4 rings (SSSR count). The number of aryl methyl sites for hydroxylation is 4. The van der Waals surface area contributed by atoms with Crippen molar-refractivity contribution in [3.63, 3.8) is 0 Å². The lowest BCUT2D eigenvalue weighted by atomic mass is 10.1. The lowest BCUT2D eigenvalue weighted by Gasteiger charge is -2.06. The van der Waals surface area contributed by atoms with Gasteiger partial charge in [0.25, 0.3) is 0 Å². The van der Waals surface area contributed by atoms with Gasteiger partial charge in [-0.2, -0.15) is 5.10 Å². The van der Waals surface area contributed by atoms with Crippen molar-refractivity contribution in [3.05, 3.63) is 68.2 Å². The number of aromatic nitrogens is 5. The summed E-state index contributed by atoms with van der Waals surface area (Å²) in [4.78, 5) is 30.1. The summed E-state index contributed by atoms with van der Waals surface area (Å²) in [6.45, 7) is 2.97. The molecule has 10 nitrogen and oxygen atoms in total. The Kier molecular flexibility index (Phi) is 9.97. The Balaban J connectivity index is 1.15. The van der Waals surface area contributed by atoms with Crippen LogP contribution in [0.15, 0.2) is 36.4 Å². The van der Waals surface area contributed by atoms with Crippen molar-refractivity contribution in [3.8, 4) is 5.75 Å². The van der Waals surface area contributed by atoms with E-state index in [-0.39, 0.29) is 24.7 Å². The van der Waals surface area contributed by atoms with Crippen LogP contribution in [0.25, 0.3) is 0 Å². The first-order chi connectivity index (χ1) is 18.9. The minimum Gasteiger partial charge on any atom is -0.463 e. The van der Waals surface area contributed by atoms with Crippen LogP contribution in [0.1, 0.15) is 44.7 Å². The van der Waals surface area contributed by atoms with Crippen molar-refractivity contribution < 1.29 is 18.7 Å². The van der Waals surface area contributed by atoms with E-state index in [1.807, 2.05) is 19.9 Å². The van der Waals surface area contributed by atoms with Crippen molar-refractivity contribution in [1.29, 1.82) is 0 Å². The molecule has 2 N–H and O–H groups in total. The third kappa shape index (κ3) is 8.86. The Labute approximate surface area is 233 Å². The molecule has 3 heterocycles. The van der Waals surface area contributed by atoms with Gasteiger partial charge in [-0.1, -0.05) is 23.5 Å². The lowest BCUT2D eigenvalue weighted by molar-refractivity contribution is -0.116. The minimum atomic E-state index is -0.922. The number of rotatable bonds is 13. The Hall–Kier alpha value is -3.84. The van der Waals surface area contributed by atoms with Gasteiger partial charge in [-0.3, -0.25) is 9.59 Å². The van der Waals surface area contributed by atoms with Crippen LogP contribution < -0.4 is 15.4 Å². The highest BCUT2D eigenvalue weighted by molar-refractivity contribution is 7.15. The SMILES string of the molecule is Cc1nc(CC(=O)Nc2nnc(CCCCc3ccc(NC(=O)Cc4cccc(OCF)c4)nn3)s2)c(C)s1. The molecule has 0 aliphatic heterocycles. The van der Waals surface area contributed by atoms with Crippen LogP contribution in [-0.4, -0.2) is 44.1 Å². The summed E-state index contributed by atoms with van der Waals surface area (Å²) in [5.41, 5.74) is 2.32. The van der Waals surface area contributed by atoms with E-state index in [4.69, 9.17) is 4.74 Å². The summed E-state index contributed by atoms with van der Waals surface area (Å²) in [5, 5.41) is 24.4. The summed E-state index contributed by atoms with van der Waals surface area (Å²) in [7, 11) is 0. The summed E-state index contributed by atoms with van der Waals surface area (Å²) < 4.78 is 17.2. The normalized spacial score (nSPS) is 10.8. The van der Waals surface area contributed by atoms with Crippen molar-refractivity contribution in [2.24, 2.45) is 0 Å². The van der Waals surface area contributed by atoms with Gasteiger partial charge in [0.2, 0.25) is 23.8 Å². The monoisotopic (exact) mass is 569 g/mol. The molecule has 1 aromatic carbocycles. The van der Waals surface area contributed by atoms with Gasteiger partial charge in [-0.15, -0.1) is 26.6 Å². The second-order valence-corrected chi connectivity index (χ2v) is 11.2. The number of nitrogens with one attached hydrogen (secondary N) is 2. The first-order valence-electron chi connectivity index (χ1n) is 12.3. The Morgan fingerprint density at radius 1 is 0.923 bits per heavy atom. The minimum absolute atomic E-state index is 0.106. The van der Waals surface area contributed by atoms with Crippen LogP contribution in [0.3, 0.4) is 0 Å². The predicted octanol–water partition coefficient (Wildman–Crippen LogP) is 4.64. The van der Waals surface area contributed by atoms with Crippen molar-refractivity contribution >= 4 is 45.4 Å². The van der Waals surface area contributed by atoms with Gasteiger partial charge in [-0.05, 0) is 62.9 Å². The number of hydrogen-bond donors (Lipinski definition) is 2. The van der Waals surface area contributed by atoms with Gasteiger partial charge in [0.1, 0.15) is 10.8 Å². The van der Waals surface area contributed by atoms with Crippen molar-refractivity contribution in [1.82, 2.24) is 25.4 Å². The molecular formula is C26H28FN7O3S2. The number of carbonyl (C=O) groups is 2. The second-order valence-electron chi connectivity index (χ2n) is 8.70. The number of hydrogen-bond acceptors (Lipinski definition) is 10. The number of carbonyl (C=O) groups excluding carboxylic acids is 2. The van der Waals surface area contributed by atoms with E-state index in [9.17, 15) is 14.0 Å². The van der Waals surface area contributed by atoms with Gasteiger partial charge in [-0.25, -0.2) is 9.37 Å². The Bertz CT molecular complexity index is 1410. The number of alkyl halides is 1. The molecule has 0 spiro atoms. The second kappa shape index (κ2) is 13.8. The summed E-state index contributed by atoms with van der Waals surface area (Å²) in [5.74, 6) is 0.332. The molecule has 0 bridgehead atoms. The molecule has 204 valence electrons. The fourth-order valence-electron chi connectivity index (χ4n) is 3.78. The fourth-order valence-corrected chi connectivity index (χ4v) is 5.41. The summed E-state index contributed by atoms with van der Waals surface area (Å²) in [6.07, 6.45) is 3.57. The summed E-state index contributed by atoms with van der Waals surface area (Å²) in [6, 6.07) is 10.3. The largest absolute Gasteiger partial charge is 0.463 e. The van der Waals surface area contributed by atoms with Crippen LogP contribution in [0.4, 0.5) is 15.3 Å². The van der Waals surface area contributed by atoms with E-state index < -0.39 is 6.86 Å². The highest BCUT2D eigenvalue weighted by Gasteiger charge is 2.13. The lowest BCUT2D eigenvalue weighted by Crippen LogP contribution is -2.16. The van der Waals surface area contributed by atoms with Crippen LogP contribution in [-0.2, 0) is 35.3 Å². The van der Waals surface area contributed by atoms with E-state index in [0.717, 1.165) is 52.0 Å². The first kappa shape index (κ1) is 28.2. The maximum Gasteiger partial charge on any atom is 0.232 e. The zero-order valence-electron chi connectivity index (χ0n) is 21.6. The zero-order valence-corrected chi connectivity index (χ0v) is 23.2. The van der Waals surface area contributed by atoms with Gasteiger partial charge in [0.15, 0.2) is 5.82 Å². The summed E-state index contributed by atoms with van der Waals surface area (Å²) >= 11 is 2.96. The van der Waals surface area contributed by atoms with E-state index in [1.165, 1.54) is 11.3 Å². The third-order valence-electron chi connectivity index (χ3n) is 5.59. The standard InChI is InChI=1S/C26H28FN7O3S2/c1-16-21(28-17(2)38-16)14-24(36)30-26-34-33-25(39-26)9-4-3-7-19-10-11-22(32-31-19)29-23(35)13-18-6-5-8-20(12-18)37-15-27/h5-6,8,10-12H,3-4,7,9,13-15H2,1-2H3,(H,29,32,35)(H,30,34,36). The molecule has 0 saturated heterocycles. The highest BCUT2D eigenvalue weighted by atomic mass is 32.1. The average Bonchev–Trinajstić information content (AvgIpc) is 3.47. The zero-order chi connectivity index (χ0) is 27.6. The number of amides is 2. The average molecular weight is 570 g/mol. The maximum atomic E-state index is 12.3. The predicted molar refractivity (Wildman–Crippen MR) is 148 cm³/mol. The van der Waals surface area contributed by atoms with Crippen molar-refractivity contribution in [2.75, 3.05) is 17.5 Å². The Morgan fingerprint density at radius 2 is 1.74 bits per heavy atom. The first-order valence-corrected chi connectivity index (χ1v) is 14.0. The van der Waals surface area contributed by atoms with Crippen LogP contribution in [0, 0.1) is 13.8 Å². The van der Waals surface area contributed by atoms with E-state index in [0.29, 0.717) is 22.3 Å². The molecule has 13 heteroatoms. The van der Waals surface area contributed by atoms with E-state index in [2.05, 4.69) is 36.0 Å². The molecule has 0 radical (unpaired) electrons. The number of nitrogens with zero attached hydrogens (tertiary/aromatic N) is 5. The number of ether oxygens (including phenoxy) is 1. The number of unbranched alkanes of at least 4 members (excludes halogenated alkanes) is 1. The molecule has 0 fully saturated rings. The molecule has 0 aliphatic rings. The Morgan fingerprint density at radius 3 is 2.49 bits per heavy atom. The molecule has 2 amide bonds. The van der Waals surface area contributed by atoms with Gasteiger partial charge >= 0.3 is 0 Å². The van der Waals surface area contributed by atoms with E-state index >= 15 is 0 Å². The topological polar surface area (TPSA) is 132 Å². The van der Waals surface area contributed by atoms with E-state index in [1.54, 1.807) is 41.7 Å². The molecule has 3 aromatic heterocycles. The number of halogens is 1. The highest BCUT2D eigenvalue weighted by Crippen LogP contribution is 2.20. The number of benzene rings is 1. The molecule has 0 saturated carbocycles. The molecular weight excluding hydrogens is 541 g/mol. The molecule has 39 heavy (non-hydrogen) atoms. The molecule has 0 aliphatic carbocycles. The van der Waals surface area contributed by atoms with Crippen LogP contribution in [0.5, 0.6) is 5.75 Å². The van der Waals surface area contributed by atoms with Gasteiger partial charge in [0.05, 0.1) is 29.2 Å². The van der Waals surface area contributed by atoms with Crippen LogP contribution >= 0.6 is 22.7 Å². The maximum absolute atomic E-state index is 12.3. The molecule has 0 unspecified atom stereocenters. The number of thiazole rings is 1. The van der Waals surface area contributed by atoms with Crippen molar-refractivity contribution in [2.45, 2.75) is 52.4 Å². The molecule has 0 atom stereocenters. The fraction of sp³-hybridized carbons (Fsp3) is 0.346. The quantitative estimate of drug-likeness (QED) is 0.223. The third-order valence-corrected chi connectivity index (χ3v) is 7.41. The van der Waals surface area contributed by atoms with Gasteiger partial charge < -0.3 is 15.4 Å². The van der Waals surface area contributed by atoms with Crippen LogP contribution in [0.2, 0.25) is 0 Å². The smallest absolute Gasteiger partial charge is 0.232 e. The van der Waals surface area contributed by atoms with Gasteiger partial charge in [0, 0.05) is 11.3 Å². The number of anilines is 2.